The summed E-state index contributed by atoms with van der Waals surface area (Å²) in [6.07, 6.45) is 1.00. The number of para-hydroxylation sites is 2. The minimum atomic E-state index is 0.732. The summed E-state index contributed by atoms with van der Waals surface area (Å²) in [6.45, 7) is 2.47. The van der Waals surface area contributed by atoms with Gasteiger partial charge in [-0.05, 0) is 31.6 Å². The van der Waals surface area contributed by atoms with Crippen LogP contribution in [0.15, 0.2) is 24.3 Å². The Labute approximate surface area is 95.5 Å². The van der Waals surface area contributed by atoms with Gasteiger partial charge in [-0.3, -0.25) is 0 Å². The number of nitrogens with zero attached hydrogens (tertiary/aromatic N) is 2. The molecule has 1 aromatic heterocycles. The van der Waals surface area contributed by atoms with Crippen molar-refractivity contribution in [2.45, 2.75) is 13.0 Å². The molecule has 0 saturated carbocycles. The number of aromatic nitrogens is 2. The first-order chi connectivity index (χ1) is 7.83. The van der Waals surface area contributed by atoms with Gasteiger partial charge in [0.2, 0.25) is 0 Å². The molecular formula is C12H18N4. The van der Waals surface area contributed by atoms with E-state index < -0.39 is 0 Å². The zero-order chi connectivity index (χ0) is 11.4. The van der Waals surface area contributed by atoms with Gasteiger partial charge in [-0.1, -0.05) is 12.1 Å². The van der Waals surface area contributed by atoms with E-state index in [1.54, 1.807) is 0 Å². The molecule has 2 aromatic rings. The van der Waals surface area contributed by atoms with Crippen LogP contribution in [0.1, 0.15) is 12.2 Å². The average Bonchev–Trinajstić information content (AvgIpc) is 2.63. The maximum absolute atomic E-state index is 5.44. The van der Waals surface area contributed by atoms with Crippen LogP contribution in [0.25, 0.3) is 11.0 Å². The van der Waals surface area contributed by atoms with Gasteiger partial charge in [0.15, 0.2) is 0 Å². The van der Waals surface area contributed by atoms with E-state index in [1.165, 1.54) is 5.52 Å². The molecule has 0 unspecified atom stereocenters. The van der Waals surface area contributed by atoms with Crippen molar-refractivity contribution in [2.24, 2.45) is 12.8 Å². The fraction of sp³-hybridized carbons (Fsp3) is 0.417. The lowest BCUT2D eigenvalue weighted by molar-refractivity contribution is 0.621. The van der Waals surface area contributed by atoms with Crippen molar-refractivity contribution in [3.8, 4) is 0 Å². The topological polar surface area (TPSA) is 55.9 Å². The zero-order valence-electron chi connectivity index (χ0n) is 9.61. The highest BCUT2D eigenvalue weighted by molar-refractivity contribution is 5.75. The third-order valence-electron chi connectivity index (χ3n) is 2.72. The number of aryl methyl sites for hydroxylation is 1. The van der Waals surface area contributed by atoms with Crippen molar-refractivity contribution in [3.63, 3.8) is 0 Å². The van der Waals surface area contributed by atoms with Gasteiger partial charge in [-0.15, -0.1) is 0 Å². The smallest absolute Gasteiger partial charge is 0.123 e. The van der Waals surface area contributed by atoms with E-state index in [1.807, 2.05) is 18.2 Å². The number of hydrogen-bond acceptors (Lipinski definition) is 3. The normalized spacial score (nSPS) is 11.1. The summed E-state index contributed by atoms with van der Waals surface area (Å²) in [5.41, 5.74) is 7.67. The molecule has 86 valence electrons. The molecule has 0 aliphatic rings. The van der Waals surface area contributed by atoms with Crippen LogP contribution < -0.4 is 11.1 Å². The van der Waals surface area contributed by atoms with Crippen LogP contribution in [-0.2, 0) is 13.6 Å². The molecule has 16 heavy (non-hydrogen) atoms. The van der Waals surface area contributed by atoms with Crippen LogP contribution in [-0.4, -0.2) is 22.6 Å². The van der Waals surface area contributed by atoms with Crippen molar-refractivity contribution in [3.05, 3.63) is 30.1 Å². The van der Waals surface area contributed by atoms with E-state index in [0.29, 0.717) is 0 Å². The number of nitrogens with one attached hydrogen (secondary N) is 1. The number of hydrogen-bond donors (Lipinski definition) is 2. The van der Waals surface area contributed by atoms with Gasteiger partial charge in [0, 0.05) is 7.05 Å². The molecule has 0 aliphatic carbocycles. The Morgan fingerprint density at radius 3 is 2.94 bits per heavy atom. The number of fused-ring (bicyclic) bond motifs is 1. The standard InChI is InChI=1S/C12H18N4/c1-16-11-6-3-2-5-10(11)15-12(16)9-14-8-4-7-13/h2-3,5-6,14H,4,7-9,13H2,1H3. The van der Waals surface area contributed by atoms with Crippen molar-refractivity contribution in [2.75, 3.05) is 13.1 Å². The quantitative estimate of drug-likeness (QED) is 0.736. The van der Waals surface area contributed by atoms with Crippen LogP contribution in [0, 0.1) is 0 Å². The summed E-state index contributed by atoms with van der Waals surface area (Å²) in [4.78, 5) is 4.58. The molecule has 1 heterocycles. The molecule has 0 spiro atoms. The molecule has 2 rings (SSSR count). The predicted octanol–water partition coefficient (Wildman–Crippen LogP) is 1.01. The lowest BCUT2D eigenvalue weighted by atomic mass is 10.3. The predicted molar refractivity (Wildman–Crippen MR) is 66.1 cm³/mol. The van der Waals surface area contributed by atoms with Gasteiger partial charge >= 0.3 is 0 Å². The summed E-state index contributed by atoms with van der Waals surface area (Å²) >= 11 is 0. The van der Waals surface area contributed by atoms with Crippen molar-refractivity contribution in [1.82, 2.24) is 14.9 Å². The first-order valence-corrected chi connectivity index (χ1v) is 5.64. The van der Waals surface area contributed by atoms with Gasteiger partial charge in [0.05, 0.1) is 17.6 Å². The summed E-state index contributed by atoms with van der Waals surface area (Å²) < 4.78 is 2.13. The molecule has 4 nitrogen and oxygen atoms in total. The Bertz CT molecular complexity index is 461. The Hall–Kier alpha value is -1.39. The number of rotatable bonds is 5. The van der Waals surface area contributed by atoms with E-state index in [2.05, 4.69) is 28.0 Å². The zero-order valence-corrected chi connectivity index (χ0v) is 9.61. The Balaban J connectivity index is 2.09. The molecule has 1 aromatic carbocycles. The van der Waals surface area contributed by atoms with Gasteiger partial charge in [0.1, 0.15) is 5.82 Å². The van der Waals surface area contributed by atoms with Crippen LogP contribution in [0.3, 0.4) is 0 Å². The molecule has 0 fully saturated rings. The largest absolute Gasteiger partial charge is 0.330 e. The van der Waals surface area contributed by atoms with Crippen molar-refractivity contribution < 1.29 is 0 Å². The van der Waals surface area contributed by atoms with Crippen molar-refractivity contribution >= 4 is 11.0 Å². The first kappa shape index (κ1) is 11.1. The fourth-order valence-corrected chi connectivity index (χ4v) is 1.78. The van der Waals surface area contributed by atoms with E-state index in [0.717, 1.165) is 37.4 Å². The SMILES string of the molecule is Cn1c(CNCCCN)nc2ccccc21. The highest BCUT2D eigenvalue weighted by Gasteiger charge is 2.05. The fourth-order valence-electron chi connectivity index (χ4n) is 1.78. The highest BCUT2D eigenvalue weighted by Crippen LogP contribution is 2.13. The third-order valence-corrected chi connectivity index (χ3v) is 2.72. The average molecular weight is 218 g/mol. The summed E-state index contributed by atoms with van der Waals surface area (Å²) in [7, 11) is 2.05. The maximum atomic E-state index is 5.44. The molecular weight excluding hydrogens is 200 g/mol. The minimum Gasteiger partial charge on any atom is -0.330 e. The van der Waals surface area contributed by atoms with Crippen LogP contribution in [0.5, 0.6) is 0 Å². The van der Waals surface area contributed by atoms with E-state index >= 15 is 0 Å². The second kappa shape index (κ2) is 5.09. The van der Waals surface area contributed by atoms with Crippen LogP contribution in [0.2, 0.25) is 0 Å². The first-order valence-electron chi connectivity index (χ1n) is 5.64. The minimum absolute atomic E-state index is 0.732. The summed E-state index contributed by atoms with van der Waals surface area (Å²) in [5.74, 6) is 1.07. The lowest BCUT2D eigenvalue weighted by Crippen LogP contribution is -2.19. The van der Waals surface area contributed by atoms with E-state index in [4.69, 9.17) is 5.73 Å². The molecule has 0 radical (unpaired) electrons. The number of nitrogens with two attached hydrogens (primary N) is 1. The highest BCUT2D eigenvalue weighted by atomic mass is 15.1. The molecule has 0 saturated heterocycles. The summed E-state index contributed by atoms with van der Waals surface area (Å²) in [5, 5.41) is 3.34. The molecule has 4 heteroatoms. The Morgan fingerprint density at radius 2 is 2.19 bits per heavy atom. The van der Waals surface area contributed by atoms with Gasteiger partial charge < -0.3 is 15.6 Å². The molecule has 0 bridgehead atoms. The maximum Gasteiger partial charge on any atom is 0.123 e. The van der Waals surface area contributed by atoms with Gasteiger partial charge in [-0.2, -0.15) is 0 Å². The third kappa shape index (κ3) is 2.23. The van der Waals surface area contributed by atoms with Crippen molar-refractivity contribution in [1.29, 1.82) is 0 Å². The Morgan fingerprint density at radius 1 is 1.38 bits per heavy atom. The lowest BCUT2D eigenvalue weighted by Gasteiger charge is -2.03. The van der Waals surface area contributed by atoms with Crippen LogP contribution >= 0.6 is 0 Å². The second-order valence-corrected chi connectivity index (χ2v) is 3.89. The molecule has 0 amide bonds. The second-order valence-electron chi connectivity index (χ2n) is 3.89. The molecule has 0 aliphatic heterocycles. The molecule has 0 atom stereocenters. The van der Waals surface area contributed by atoms with Gasteiger partial charge in [0.25, 0.3) is 0 Å². The number of benzene rings is 1. The van der Waals surface area contributed by atoms with Gasteiger partial charge in [-0.25, -0.2) is 4.98 Å². The monoisotopic (exact) mass is 218 g/mol. The summed E-state index contributed by atoms with van der Waals surface area (Å²) in [6, 6.07) is 8.18. The van der Waals surface area contributed by atoms with E-state index in [9.17, 15) is 0 Å². The van der Waals surface area contributed by atoms with E-state index in [-0.39, 0.29) is 0 Å². The molecule has 3 N–H and O–H groups in total. The number of imidazole rings is 1. The van der Waals surface area contributed by atoms with Crippen LogP contribution in [0.4, 0.5) is 0 Å². The Kier molecular flexibility index (Phi) is 3.54.